The molecular weight excluding hydrogens is 631 g/mol. The van der Waals surface area contributed by atoms with E-state index < -0.39 is 59.2 Å². The first-order chi connectivity index (χ1) is 21.3. The van der Waals surface area contributed by atoms with E-state index in [0.29, 0.717) is 18.4 Å². The van der Waals surface area contributed by atoms with Crippen molar-refractivity contribution in [2.45, 2.75) is 101 Å². The second kappa shape index (κ2) is 14.5. The van der Waals surface area contributed by atoms with Crippen LogP contribution in [0.5, 0.6) is 0 Å². The summed E-state index contributed by atoms with van der Waals surface area (Å²) < 4.78 is 64.8. The van der Waals surface area contributed by atoms with Crippen molar-refractivity contribution in [3.8, 4) is 0 Å². The molecule has 3 rings (SSSR count). The maximum absolute atomic E-state index is 14.4. The first-order valence-corrected chi connectivity index (χ1v) is 18.9. The maximum Gasteiger partial charge on any atom is 0.338 e. The maximum atomic E-state index is 14.4. The third-order valence-corrected chi connectivity index (χ3v) is 12.7. The van der Waals surface area contributed by atoms with E-state index in [4.69, 9.17) is 15.2 Å². The molecule has 1 fully saturated rings. The SMILES string of the molecule is CC(C)C(N[C@@](C(=O)NS(=O)(=O)C1(N)OC1CCCCc1ccccc1)(C(=O)OCc1ccccc1)C(C)(C)S(C)(=O)=O)C(C)C. The topological polar surface area (TPSA) is 174 Å². The highest BCUT2D eigenvalue weighted by Gasteiger charge is 2.68. The van der Waals surface area contributed by atoms with Gasteiger partial charge >= 0.3 is 5.97 Å². The summed E-state index contributed by atoms with van der Waals surface area (Å²) in [6.07, 6.45) is 2.48. The zero-order chi connectivity index (χ0) is 34.6. The zero-order valence-corrected chi connectivity index (χ0v) is 29.4. The van der Waals surface area contributed by atoms with Crippen LogP contribution in [-0.2, 0) is 52.0 Å². The Kier molecular flexibility index (Phi) is 11.9. The molecule has 2 aromatic rings. The van der Waals surface area contributed by atoms with Crippen molar-refractivity contribution >= 4 is 31.7 Å². The number of nitrogens with one attached hydrogen (secondary N) is 2. The molecule has 0 aliphatic carbocycles. The molecule has 4 N–H and O–H groups in total. The number of hydrogen-bond acceptors (Lipinski definition) is 10. The number of esters is 1. The van der Waals surface area contributed by atoms with Crippen LogP contribution < -0.4 is 15.8 Å². The number of sulfonamides is 1. The number of unbranched alkanes of at least 4 members (excludes halogenated alkanes) is 1. The molecule has 0 radical (unpaired) electrons. The molecule has 13 heteroatoms. The van der Waals surface area contributed by atoms with Gasteiger partial charge in [0.25, 0.3) is 21.0 Å². The van der Waals surface area contributed by atoms with Crippen LogP contribution in [0.2, 0.25) is 0 Å². The van der Waals surface area contributed by atoms with Gasteiger partial charge in [0.15, 0.2) is 9.84 Å². The minimum Gasteiger partial charge on any atom is -0.459 e. The number of nitrogens with two attached hydrogens (primary N) is 1. The molecule has 2 aromatic carbocycles. The van der Waals surface area contributed by atoms with Crippen molar-refractivity contribution in [2.24, 2.45) is 17.6 Å². The second-order valence-electron chi connectivity index (χ2n) is 13.2. The van der Waals surface area contributed by atoms with Gasteiger partial charge in [-0.3, -0.25) is 15.8 Å². The number of hydrogen-bond donors (Lipinski definition) is 3. The number of sulfone groups is 1. The molecule has 1 amide bonds. The second-order valence-corrected chi connectivity index (χ2v) is 17.7. The van der Waals surface area contributed by atoms with Gasteiger partial charge in [0.2, 0.25) is 5.54 Å². The van der Waals surface area contributed by atoms with Crippen LogP contribution in [0.4, 0.5) is 0 Å². The fourth-order valence-electron chi connectivity index (χ4n) is 5.64. The summed E-state index contributed by atoms with van der Waals surface area (Å²) in [5.74, 6) is -3.07. The van der Waals surface area contributed by atoms with Gasteiger partial charge in [-0.05, 0) is 56.1 Å². The lowest BCUT2D eigenvalue weighted by molar-refractivity contribution is -0.160. The highest BCUT2D eigenvalue weighted by atomic mass is 32.2. The predicted molar refractivity (Wildman–Crippen MR) is 177 cm³/mol. The van der Waals surface area contributed by atoms with Gasteiger partial charge in [0, 0.05) is 12.3 Å². The number of aryl methyl sites for hydroxylation is 1. The van der Waals surface area contributed by atoms with Crippen molar-refractivity contribution in [1.29, 1.82) is 0 Å². The highest BCUT2D eigenvalue weighted by molar-refractivity contribution is 7.92. The van der Waals surface area contributed by atoms with Gasteiger partial charge in [0.1, 0.15) is 17.5 Å². The third-order valence-electron chi connectivity index (χ3n) is 8.90. The van der Waals surface area contributed by atoms with Gasteiger partial charge in [-0.15, -0.1) is 0 Å². The molecule has 0 saturated carbocycles. The number of carbonyl (C=O) groups is 2. The number of carbonyl (C=O) groups excluding carboxylic acids is 2. The fourth-order valence-corrected chi connectivity index (χ4v) is 7.69. The molecule has 1 saturated heterocycles. The van der Waals surface area contributed by atoms with Crippen LogP contribution in [-0.4, -0.2) is 62.5 Å². The molecule has 0 spiro atoms. The lowest BCUT2D eigenvalue weighted by Crippen LogP contribution is -2.77. The van der Waals surface area contributed by atoms with E-state index in [9.17, 15) is 26.4 Å². The van der Waals surface area contributed by atoms with Gasteiger partial charge < -0.3 is 9.47 Å². The molecule has 1 heterocycles. The molecule has 0 bridgehead atoms. The Morgan fingerprint density at radius 2 is 1.43 bits per heavy atom. The van der Waals surface area contributed by atoms with E-state index in [1.54, 1.807) is 30.3 Å². The van der Waals surface area contributed by atoms with Crippen molar-refractivity contribution in [3.05, 3.63) is 71.8 Å². The predicted octanol–water partition coefficient (Wildman–Crippen LogP) is 3.43. The average Bonchev–Trinajstić information content (AvgIpc) is 3.66. The summed E-state index contributed by atoms with van der Waals surface area (Å²) in [5, 5.41) is 0.764. The highest BCUT2D eigenvalue weighted by Crippen LogP contribution is 2.41. The Morgan fingerprint density at radius 3 is 1.93 bits per heavy atom. The van der Waals surface area contributed by atoms with Gasteiger partial charge in [-0.1, -0.05) is 94.8 Å². The van der Waals surface area contributed by atoms with E-state index in [2.05, 4.69) is 5.32 Å². The monoisotopic (exact) mass is 679 g/mol. The summed E-state index contributed by atoms with van der Waals surface area (Å²) in [7, 11) is -9.01. The molecule has 46 heavy (non-hydrogen) atoms. The molecule has 1 aliphatic heterocycles. The van der Waals surface area contributed by atoms with Gasteiger partial charge in [-0.25, -0.2) is 26.4 Å². The molecule has 11 nitrogen and oxygen atoms in total. The van der Waals surface area contributed by atoms with E-state index in [1.807, 2.05) is 62.7 Å². The van der Waals surface area contributed by atoms with E-state index in [1.165, 1.54) is 13.8 Å². The Morgan fingerprint density at radius 1 is 0.913 bits per heavy atom. The van der Waals surface area contributed by atoms with E-state index in [0.717, 1.165) is 24.7 Å². The minimum absolute atomic E-state index is 0.200. The fraction of sp³-hybridized carbons (Fsp3) is 0.576. The molecular formula is C33H49N3O8S2. The molecule has 256 valence electrons. The minimum atomic E-state index is -4.78. The molecule has 0 aromatic heterocycles. The average molecular weight is 680 g/mol. The number of epoxide rings is 1. The summed E-state index contributed by atoms with van der Waals surface area (Å²) >= 11 is 0. The van der Waals surface area contributed by atoms with Crippen molar-refractivity contribution < 1.29 is 35.9 Å². The van der Waals surface area contributed by atoms with Crippen LogP contribution in [0, 0.1) is 11.8 Å². The lowest BCUT2D eigenvalue weighted by Gasteiger charge is -2.45. The normalized spacial score (nSPS) is 20.0. The Balaban J connectivity index is 1.95. The Bertz CT molecular complexity index is 1560. The summed E-state index contributed by atoms with van der Waals surface area (Å²) in [4.78, 5) is 28.6. The number of amides is 1. The van der Waals surface area contributed by atoms with Crippen LogP contribution in [0.15, 0.2) is 60.7 Å². The standard InChI is InChI=1S/C33H49N3O8S2/c1-23(2)28(24(3)4)35-32(31(5,6)45(7,39)40,30(38)43-22-26-19-12-9-13-20-26)29(37)36-46(41,42)33(34)27(44-33)21-15-14-18-25-16-10-8-11-17-25/h8-13,16-17,19-20,23-24,27-28,35H,14-15,18,21-22,34H2,1-7H3,(H,36,37)/t27?,32-,33?/m0/s1. The van der Waals surface area contributed by atoms with Crippen LogP contribution in [0.1, 0.15) is 71.9 Å². The van der Waals surface area contributed by atoms with E-state index >= 15 is 0 Å². The number of ether oxygens (including phenoxy) is 2. The zero-order valence-electron chi connectivity index (χ0n) is 27.8. The molecule has 2 unspecified atom stereocenters. The Labute approximate surface area is 274 Å². The molecule has 1 aliphatic rings. The quantitative estimate of drug-likeness (QED) is 0.0973. The lowest BCUT2D eigenvalue weighted by atomic mass is 9.80. The van der Waals surface area contributed by atoms with Crippen LogP contribution >= 0.6 is 0 Å². The van der Waals surface area contributed by atoms with Crippen LogP contribution in [0.25, 0.3) is 0 Å². The van der Waals surface area contributed by atoms with Crippen molar-refractivity contribution in [2.75, 3.05) is 6.26 Å². The summed E-state index contributed by atoms with van der Waals surface area (Å²) in [6, 6.07) is 17.9. The largest absolute Gasteiger partial charge is 0.459 e. The number of rotatable bonds is 17. The molecule has 3 atom stereocenters. The van der Waals surface area contributed by atoms with Crippen LogP contribution in [0.3, 0.4) is 0 Å². The van der Waals surface area contributed by atoms with Crippen molar-refractivity contribution in [3.63, 3.8) is 0 Å². The number of benzene rings is 2. The van der Waals surface area contributed by atoms with Crippen molar-refractivity contribution in [1.82, 2.24) is 10.0 Å². The summed E-state index contributed by atoms with van der Waals surface area (Å²) in [6.45, 7) is 9.48. The first kappa shape index (κ1) is 37.6. The summed E-state index contributed by atoms with van der Waals surface area (Å²) in [5.41, 5.74) is 5.20. The van der Waals surface area contributed by atoms with E-state index in [-0.39, 0.29) is 18.4 Å². The Hall–Kier alpha value is -2.84. The third kappa shape index (κ3) is 7.99. The van der Waals surface area contributed by atoms with Gasteiger partial charge in [0.05, 0.1) is 0 Å². The first-order valence-electron chi connectivity index (χ1n) is 15.6. The smallest absolute Gasteiger partial charge is 0.338 e. The van der Waals surface area contributed by atoms with Gasteiger partial charge in [-0.2, -0.15) is 0 Å².